The molecule has 0 bridgehead atoms. The van der Waals surface area contributed by atoms with Gasteiger partial charge in [-0.05, 0) is 55.4 Å². The van der Waals surface area contributed by atoms with Crippen LogP contribution in [-0.2, 0) is 6.42 Å². The molecule has 4 rings (SSSR count). The monoisotopic (exact) mass is 348 g/mol. The van der Waals surface area contributed by atoms with Crippen LogP contribution < -0.4 is 15.4 Å². The summed E-state index contributed by atoms with van der Waals surface area (Å²) < 4.78 is 6.31. The minimum absolute atomic E-state index is 0.126. The first-order valence-electron chi connectivity index (χ1n) is 9.84. The van der Waals surface area contributed by atoms with E-state index in [4.69, 9.17) is 4.74 Å². The third-order valence-electron chi connectivity index (χ3n) is 5.38. The molecule has 0 spiro atoms. The van der Waals surface area contributed by atoms with Crippen LogP contribution >= 0.6 is 0 Å². The Bertz CT molecular complexity index is 739. The van der Waals surface area contributed by atoms with Crippen LogP contribution in [0.25, 0.3) is 0 Å². The number of fused-ring (bicyclic) bond motifs is 1. The number of allylic oxidation sites excluding steroid dienone is 1. The van der Waals surface area contributed by atoms with Crippen molar-refractivity contribution in [2.45, 2.75) is 57.3 Å². The van der Waals surface area contributed by atoms with Crippen LogP contribution in [0.1, 0.15) is 43.7 Å². The first kappa shape index (κ1) is 17.2. The van der Waals surface area contributed by atoms with E-state index in [9.17, 15) is 0 Å². The highest BCUT2D eigenvalue weighted by molar-refractivity contribution is 5.32. The van der Waals surface area contributed by atoms with Crippen molar-refractivity contribution >= 4 is 0 Å². The Kier molecular flexibility index (Phi) is 5.26. The normalized spacial score (nSPS) is 22.9. The fourth-order valence-electron chi connectivity index (χ4n) is 3.93. The predicted molar refractivity (Wildman–Crippen MR) is 106 cm³/mol. The maximum Gasteiger partial charge on any atom is 0.132 e. The Balaban J connectivity index is 1.38. The summed E-state index contributed by atoms with van der Waals surface area (Å²) in [5.74, 6) is 0.945. The van der Waals surface area contributed by atoms with Gasteiger partial charge < -0.3 is 10.1 Å². The number of ether oxygens (including phenoxy) is 1. The molecule has 3 heteroatoms. The molecule has 2 aliphatic rings. The Morgan fingerprint density at radius 3 is 2.54 bits per heavy atom. The fourth-order valence-corrected chi connectivity index (χ4v) is 3.93. The molecule has 136 valence electrons. The molecule has 26 heavy (non-hydrogen) atoms. The van der Waals surface area contributed by atoms with Gasteiger partial charge in [-0.15, -0.1) is 0 Å². The molecule has 0 aromatic heterocycles. The van der Waals surface area contributed by atoms with E-state index in [-0.39, 0.29) is 12.3 Å². The summed E-state index contributed by atoms with van der Waals surface area (Å²) in [4.78, 5) is 0. The predicted octanol–water partition coefficient (Wildman–Crippen LogP) is 4.39. The summed E-state index contributed by atoms with van der Waals surface area (Å²) in [6.07, 6.45) is 8.27. The summed E-state index contributed by atoms with van der Waals surface area (Å²) >= 11 is 0. The number of nitrogens with one attached hydrogen (secondary N) is 2. The van der Waals surface area contributed by atoms with Gasteiger partial charge in [0.2, 0.25) is 0 Å². The minimum Gasteiger partial charge on any atom is -0.487 e. The van der Waals surface area contributed by atoms with Gasteiger partial charge in [0, 0.05) is 11.7 Å². The van der Waals surface area contributed by atoms with E-state index in [1.165, 1.54) is 36.1 Å². The fraction of sp³-hybridized carbons (Fsp3) is 0.391. The van der Waals surface area contributed by atoms with Crippen LogP contribution in [-0.4, -0.2) is 18.3 Å². The van der Waals surface area contributed by atoms with Gasteiger partial charge in [0.1, 0.15) is 18.0 Å². The number of hydrogen-bond acceptors (Lipinski definition) is 3. The van der Waals surface area contributed by atoms with Crippen molar-refractivity contribution in [3.05, 3.63) is 77.5 Å². The molecule has 2 aromatic rings. The second-order valence-corrected chi connectivity index (χ2v) is 7.30. The summed E-state index contributed by atoms with van der Waals surface area (Å²) in [6, 6.07) is 19.6. The van der Waals surface area contributed by atoms with Crippen molar-refractivity contribution in [2.75, 3.05) is 0 Å². The SMILES string of the molecule is CCC(Oc1ccc(Cc2ccccc2)cc1)C1NC2=CCCCC2N1. The molecule has 3 nitrogen and oxygen atoms in total. The lowest BCUT2D eigenvalue weighted by Gasteiger charge is -2.24. The van der Waals surface area contributed by atoms with Crippen LogP contribution in [0.4, 0.5) is 0 Å². The van der Waals surface area contributed by atoms with Gasteiger partial charge in [-0.2, -0.15) is 0 Å². The third-order valence-corrected chi connectivity index (χ3v) is 5.38. The van der Waals surface area contributed by atoms with E-state index in [2.05, 4.69) is 78.2 Å². The Hall–Kier alpha value is -2.26. The van der Waals surface area contributed by atoms with Crippen LogP contribution in [0.2, 0.25) is 0 Å². The number of hydrogen-bond donors (Lipinski definition) is 2. The van der Waals surface area contributed by atoms with Gasteiger partial charge in [0.15, 0.2) is 0 Å². The highest BCUT2D eigenvalue weighted by Gasteiger charge is 2.34. The Morgan fingerprint density at radius 2 is 1.81 bits per heavy atom. The second kappa shape index (κ2) is 7.96. The average Bonchev–Trinajstić information content (AvgIpc) is 3.12. The summed E-state index contributed by atoms with van der Waals surface area (Å²) in [7, 11) is 0. The molecule has 0 amide bonds. The molecular weight excluding hydrogens is 320 g/mol. The van der Waals surface area contributed by atoms with Gasteiger partial charge in [0.05, 0.1) is 0 Å². The maximum absolute atomic E-state index is 6.31. The maximum atomic E-state index is 6.31. The number of rotatable bonds is 6. The Labute approximate surface area is 156 Å². The first-order chi connectivity index (χ1) is 12.8. The number of benzene rings is 2. The second-order valence-electron chi connectivity index (χ2n) is 7.30. The zero-order valence-corrected chi connectivity index (χ0v) is 15.4. The molecule has 1 aliphatic heterocycles. The zero-order valence-electron chi connectivity index (χ0n) is 15.4. The van der Waals surface area contributed by atoms with Crippen molar-refractivity contribution in [3.63, 3.8) is 0 Å². The molecule has 3 atom stereocenters. The molecule has 1 heterocycles. The third kappa shape index (κ3) is 3.94. The van der Waals surface area contributed by atoms with Crippen molar-refractivity contribution in [2.24, 2.45) is 0 Å². The van der Waals surface area contributed by atoms with E-state index in [0.29, 0.717) is 6.04 Å². The van der Waals surface area contributed by atoms with E-state index in [1.54, 1.807) is 0 Å². The first-order valence-corrected chi connectivity index (χ1v) is 9.84. The van der Waals surface area contributed by atoms with Crippen molar-refractivity contribution in [1.82, 2.24) is 10.6 Å². The minimum atomic E-state index is 0.126. The van der Waals surface area contributed by atoms with Crippen LogP contribution in [0.3, 0.4) is 0 Å². The quantitative estimate of drug-likeness (QED) is 0.812. The molecule has 0 saturated carbocycles. The highest BCUT2D eigenvalue weighted by Crippen LogP contribution is 2.25. The lowest BCUT2D eigenvalue weighted by atomic mass is 10.0. The molecule has 2 N–H and O–H groups in total. The van der Waals surface area contributed by atoms with E-state index in [1.807, 2.05) is 0 Å². The summed E-state index contributed by atoms with van der Waals surface area (Å²) in [6.45, 7) is 2.19. The smallest absolute Gasteiger partial charge is 0.132 e. The van der Waals surface area contributed by atoms with Crippen LogP contribution in [0, 0.1) is 0 Å². The molecule has 1 fully saturated rings. The van der Waals surface area contributed by atoms with Crippen LogP contribution in [0.5, 0.6) is 5.75 Å². The van der Waals surface area contributed by atoms with E-state index in [0.717, 1.165) is 18.6 Å². The van der Waals surface area contributed by atoms with Gasteiger partial charge in [-0.3, -0.25) is 5.32 Å². The van der Waals surface area contributed by atoms with Crippen molar-refractivity contribution in [1.29, 1.82) is 0 Å². The van der Waals surface area contributed by atoms with E-state index < -0.39 is 0 Å². The van der Waals surface area contributed by atoms with Crippen molar-refractivity contribution in [3.8, 4) is 5.75 Å². The molecule has 1 aliphatic carbocycles. The molecular formula is C23H28N2O. The zero-order chi connectivity index (χ0) is 17.8. The van der Waals surface area contributed by atoms with E-state index >= 15 is 0 Å². The highest BCUT2D eigenvalue weighted by atomic mass is 16.5. The lowest BCUT2D eigenvalue weighted by molar-refractivity contribution is 0.146. The molecule has 0 radical (unpaired) electrons. The molecule has 1 saturated heterocycles. The van der Waals surface area contributed by atoms with Gasteiger partial charge in [-0.1, -0.05) is 55.5 Å². The molecule has 2 aromatic carbocycles. The van der Waals surface area contributed by atoms with Crippen LogP contribution in [0.15, 0.2) is 66.4 Å². The van der Waals surface area contributed by atoms with Crippen molar-refractivity contribution < 1.29 is 4.74 Å². The van der Waals surface area contributed by atoms with Gasteiger partial charge in [-0.25, -0.2) is 0 Å². The summed E-state index contributed by atoms with van der Waals surface area (Å²) in [5.41, 5.74) is 4.01. The van der Waals surface area contributed by atoms with Gasteiger partial charge >= 0.3 is 0 Å². The van der Waals surface area contributed by atoms with Gasteiger partial charge in [0.25, 0.3) is 0 Å². The molecule has 3 unspecified atom stereocenters. The topological polar surface area (TPSA) is 33.3 Å². The Morgan fingerprint density at radius 1 is 1.04 bits per heavy atom. The largest absolute Gasteiger partial charge is 0.487 e. The average molecular weight is 348 g/mol. The lowest BCUT2D eigenvalue weighted by Crippen LogP contribution is -2.46. The summed E-state index contributed by atoms with van der Waals surface area (Å²) in [5, 5.41) is 7.34. The standard InChI is InChI=1S/C23H28N2O/c1-2-22(23-24-20-10-6-7-11-21(20)25-23)26-19-14-12-18(13-15-19)16-17-8-4-3-5-9-17/h3-5,8-10,12-15,21-25H,2,6-7,11,16H2,1H3.